The second-order valence-corrected chi connectivity index (χ2v) is 12.0. The topological polar surface area (TPSA) is 0 Å². The van der Waals surface area contributed by atoms with Crippen LogP contribution < -0.4 is 0 Å². The number of hydrogen-bond donors (Lipinski definition) is 0. The Bertz CT molecular complexity index is 343. The maximum absolute atomic E-state index is 2.38. The summed E-state index contributed by atoms with van der Waals surface area (Å²) >= 11 is 0. The molecule has 0 rings (SSSR count). The van der Waals surface area contributed by atoms with Crippen LogP contribution >= 0.6 is 0 Å². The van der Waals surface area contributed by atoms with E-state index < -0.39 is 0 Å². The summed E-state index contributed by atoms with van der Waals surface area (Å²) in [4.78, 5) is 0. The van der Waals surface area contributed by atoms with Crippen molar-refractivity contribution in [1.29, 1.82) is 0 Å². The molecular formula is C31H66N+. The van der Waals surface area contributed by atoms with Crippen molar-refractivity contribution >= 4 is 0 Å². The van der Waals surface area contributed by atoms with Gasteiger partial charge < -0.3 is 4.48 Å². The van der Waals surface area contributed by atoms with Gasteiger partial charge in [-0.1, -0.05) is 155 Å². The Morgan fingerprint density at radius 1 is 0.375 bits per heavy atom. The van der Waals surface area contributed by atoms with Crippen LogP contribution in [-0.2, 0) is 0 Å². The van der Waals surface area contributed by atoms with Crippen molar-refractivity contribution in [3.63, 3.8) is 0 Å². The van der Waals surface area contributed by atoms with Crippen LogP contribution in [0.5, 0.6) is 0 Å². The van der Waals surface area contributed by atoms with Crippen LogP contribution in [0.15, 0.2) is 0 Å². The molecule has 0 aromatic rings. The second-order valence-electron chi connectivity index (χ2n) is 12.0. The fourth-order valence-corrected chi connectivity index (χ4v) is 5.30. The Hall–Kier alpha value is -0.0400. The molecule has 1 unspecified atom stereocenters. The van der Waals surface area contributed by atoms with Crippen LogP contribution in [0.1, 0.15) is 168 Å². The van der Waals surface area contributed by atoms with E-state index in [0.29, 0.717) is 0 Å². The van der Waals surface area contributed by atoms with Crippen LogP contribution in [0.25, 0.3) is 0 Å². The first-order valence-electron chi connectivity index (χ1n) is 15.3. The van der Waals surface area contributed by atoms with Crippen molar-refractivity contribution in [2.75, 3.05) is 27.7 Å². The first-order chi connectivity index (χ1) is 15.5. The summed E-state index contributed by atoms with van der Waals surface area (Å²) in [5.41, 5.74) is 0. The Kier molecular flexibility index (Phi) is 24.1. The van der Waals surface area contributed by atoms with Crippen molar-refractivity contribution in [2.45, 2.75) is 168 Å². The third-order valence-corrected chi connectivity index (χ3v) is 7.24. The third kappa shape index (κ3) is 26.2. The van der Waals surface area contributed by atoms with E-state index in [1.54, 1.807) is 0 Å². The molecule has 0 saturated carbocycles. The summed E-state index contributed by atoms with van der Waals surface area (Å²) in [5, 5.41) is 0. The van der Waals surface area contributed by atoms with Crippen molar-refractivity contribution in [3.05, 3.63) is 0 Å². The lowest BCUT2D eigenvalue weighted by atomic mass is 9.93. The van der Waals surface area contributed by atoms with Gasteiger partial charge in [0.1, 0.15) is 0 Å². The summed E-state index contributed by atoms with van der Waals surface area (Å²) < 4.78 is 1.14. The lowest BCUT2D eigenvalue weighted by molar-refractivity contribution is -0.874. The Balaban J connectivity index is 3.66. The molecule has 0 fully saturated rings. The highest BCUT2D eigenvalue weighted by molar-refractivity contribution is 4.61. The van der Waals surface area contributed by atoms with Gasteiger partial charge in [0.2, 0.25) is 0 Å². The summed E-state index contributed by atoms with van der Waals surface area (Å²) in [6.07, 6.45) is 35.1. The summed E-state index contributed by atoms with van der Waals surface area (Å²) in [5.74, 6) is 0.951. The lowest BCUT2D eigenvalue weighted by Gasteiger charge is -2.29. The van der Waals surface area contributed by atoms with Gasteiger partial charge in [-0.05, 0) is 12.8 Å². The molecule has 0 N–H and O–H groups in total. The van der Waals surface area contributed by atoms with E-state index in [2.05, 4.69) is 35.0 Å². The van der Waals surface area contributed by atoms with E-state index in [4.69, 9.17) is 0 Å². The van der Waals surface area contributed by atoms with Gasteiger partial charge in [-0.15, -0.1) is 0 Å². The first-order valence-corrected chi connectivity index (χ1v) is 15.3. The van der Waals surface area contributed by atoms with Crippen molar-refractivity contribution in [1.82, 2.24) is 0 Å². The molecule has 0 aromatic carbocycles. The predicted octanol–water partition coefficient (Wildman–Crippen LogP) is 10.7. The van der Waals surface area contributed by atoms with Gasteiger partial charge in [0.15, 0.2) is 0 Å². The first kappa shape index (κ1) is 32.0. The highest BCUT2D eigenvalue weighted by Crippen LogP contribution is 2.22. The van der Waals surface area contributed by atoms with E-state index in [1.165, 1.54) is 161 Å². The molecule has 1 heteroatoms. The average molecular weight is 453 g/mol. The van der Waals surface area contributed by atoms with Gasteiger partial charge >= 0.3 is 0 Å². The van der Waals surface area contributed by atoms with Gasteiger partial charge in [-0.25, -0.2) is 0 Å². The molecule has 0 aliphatic carbocycles. The Morgan fingerprint density at radius 2 is 0.625 bits per heavy atom. The van der Waals surface area contributed by atoms with E-state index in [0.717, 1.165) is 10.4 Å². The van der Waals surface area contributed by atoms with Gasteiger partial charge in [0, 0.05) is 5.92 Å². The zero-order valence-electron chi connectivity index (χ0n) is 23.7. The van der Waals surface area contributed by atoms with Crippen molar-refractivity contribution in [3.8, 4) is 0 Å². The molecule has 1 nitrogen and oxygen atoms in total. The Morgan fingerprint density at radius 3 is 0.875 bits per heavy atom. The number of hydrogen-bond acceptors (Lipinski definition) is 0. The molecule has 1 atom stereocenters. The predicted molar refractivity (Wildman–Crippen MR) is 149 cm³/mol. The van der Waals surface area contributed by atoms with Gasteiger partial charge in [-0.3, -0.25) is 0 Å². The number of quaternary nitrogens is 1. The van der Waals surface area contributed by atoms with Crippen molar-refractivity contribution in [2.24, 2.45) is 5.92 Å². The Labute approximate surface area is 206 Å². The maximum atomic E-state index is 2.38. The maximum Gasteiger partial charge on any atom is 0.0809 e. The standard InChI is InChI=1S/C31H66N/c1-6-8-10-12-14-16-18-19-21-23-25-27-29-31(30-32(3,4)5)28-26-24-22-20-17-15-13-11-9-7-2/h31H,6-30H2,1-5H3/q+1. The second kappa shape index (κ2) is 24.1. The average Bonchev–Trinajstić information content (AvgIpc) is 2.74. The zero-order chi connectivity index (χ0) is 23.8. The molecule has 0 aromatic heterocycles. The number of unbranched alkanes of at least 4 members (excludes halogenated alkanes) is 20. The highest BCUT2D eigenvalue weighted by Gasteiger charge is 2.17. The molecule has 0 saturated heterocycles. The molecule has 0 spiro atoms. The van der Waals surface area contributed by atoms with E-state index in [9.17, 15) is 0 Å². The quantitative estimate of drug-likeness (QED) is 0.0903. The van der Waals surface area contributed by atoms with E-state index in [1.807, 2.05) is 0 Å². The van der Waals surface area contributed by atoms with Crippen LogP contribution in [0.4, 0.5) is 0 Å². The minimum Gasteiger partial charge on any atom is -0.331 e. The van der Waals surface area contributed by atoms with E-state index >= 15 is 0 Å². The minimum atomic E-state index is 0.951. The fourth-order valence-electron chi connectivity index (χ4n) is 5.30. The van der Waals surface area contributed by atoms with Crippen molar-refractivity contribution < 1.29 is 4.48 Å². The van der Waals surface area contributed by atoms with E-state index in [-0.39, 0.29) is 0 Å². The molecule has 32 heavy (non-hydrogen) atoms. The van der Waals surface area contributed by atoms with Crippen LogP contribution in [0, 0.1) is 5.92 Å². The van der Waals surface area contributed by atoms with Crippen LogP contribution in [-0.4, -0.2) is 32.2 Å². The highest BCUT2D eigenvalue weighted by atomic mass is 15.3. The number of nitrogens with zero attached hydrogens (tertiary/aromatic N) is 1. The fraction of sp³-hybridized carbons (Fsp3) is 1.00. The molecule has 194 valence electrons. The van der Waals surface area contributed by atoms with Gasteiger partial charge in [0.25, 0.3) is 0 Å². The van der Waals surface area contributed by atoms with Gasteiger partial charge in [0.05, 0.1) is 27.7 Å². The summed E-state index contributed by atoms with van der Waals surface area (Å²) in [6, 6.07) is 0. The van der Waals surface area contributed by atoms with Gasteiger partial charge in [-0.2, -0.15) is 0 Å². The molecular weight excluding hydrogens is 386 g/mol. The van der Waals surface area contributed by atoms with Crippen LogP contribution in [0.2, 0.25) is 0 Å². The largest absolute Gasteiger partial charge is 0.331 e. The lowest BCUT2D eigenvalue weighted by Crippen LogP contribution is -2.39. The summed E-state index contributed by atoms with van der Waals surface area (Å²) in [6.45, 7) is 5.99. The smallest absolute Gasteiger partial charge is 0.0809 e. The molecule has 0 amide bonds. The monoisotopic (exact) mass is 453 g/mol. The zero-order valence-corrected chi connectivity index (χ0v) is 23.7. The summed E-state index contributed by atoms with van der Waals surface area (Å²) in [7, 11) is 7.15. The van der Waals surface area contributed by atoms with Crippen LogP contribution in [0.3, 0.4) is 0 Å². The minimum absolute atomic E-state index is 0.951. The normalized spacial score (nSPS) is 13.0. The molecule has 0 heterocycles. The molecule has 0 bridgehead atoms. The SMILES string of the molecule is CCCCCCCCCCCCCCC(CCCCCCCCCCCC)C[N+](C)(C)C. The molecule has 0 aliphatic rings. The molecule has 0 radical (unpaired) electrons. The number of rotatable bonds is 26. The molecule has 0 aliphatic heterocycles. The third-order valence-electron chi connectivity index (χ3n) is 7.24.